The van der Waals surface area contributed by atoms with E-state index in [2.05, 4.69) is 12.2 Å². The van der Waals surface area contributed by atoms with Gasteiger partial charge in [-0.1, -0.05) is 25.5 Å². The maximum Gasteiger partial charge on any atom is 0.266 e. The number of hydrogen-bond donors (Lipinski definition) is 1. The number of unbranched alkanes of at least 4 members (excludes halogenated alkanes) is 1. The third-order valence-electron chi connectivity index (χ3n) is 3.23. The Kier molecular flexibility index (Phi) is 5.56. The van der Waals surface area contributed by atoms with E-state index in [1.165, 1.54) is 17.9 Å². The van der Waals surface area contributed by atoms with E-state index in [0.29, 0.717) is 11.4 Å². The number of nitrogens with zero attached hydrogens (tertiary/aromatic N) is 1. The molecule has 0 saturated carbocycles. The quantitative estimate of drug-likeness (QED) is 0.642. The maximum absolute atomic E-state index is 12.1. The molecule has 1 aromatic heterocycles. The molecule has 2 aromatic rings. The van der Waals surface area contributed by atoms with Gasteiger partial charge in [0, 0.05) is 11.8 Å². The Morgan fingerprint density at radius 1 is 1.32 bits per heavy atom. The Hall–Kier alpha value is -2.80. The van der Waals surface area contributed by atoms with Crippen LogP contribution in [-0.4, -0.2) is 5.91 Å². The maximum atomic E-state index is 12.1. The van der Waals surface area contributed by atoms with Crippen molar-refractivity contribution in [1.82, 2.24) is 0 Å². The molecule has 0 saturated heterocycles. The summed E-state index contributed by atoms with van der Waals surface area (Å²) in [5.74, 6) is 0.0295. The van der Waals surface area contributed by atoms with E-state index >= 15 is 0 Å². The van der Waals surface area contributed by atoms with Gasteiger partial charge in [0.05, 0.1) is 6.26 Å². The van der Waals surface area contributed by atoms with Crippen LogP contribution >= 0.6 is 0 Å². The topological polar surface area (TPSA) is 66.0 Å². The molecular formula is C18H18N2O2. The number of anilines is 1. The monoisotopic (exact) mass is 294 g/mol. The molecule has 2 rings (SSSR count). The van der Waals surface area contributed by atoms with Crippen LogP contribution < -0.4 is 5.32 Å². The van der Waals surface area contributed by atoms with Crippen molar-refractivity contribution >= 4 is 17.7 Å². The molecule has 22 heavy (non-hydrogen) atoms. The number of carbonyl (C=O) groups is 1. The minimum absolute atomic E-state index is 0.00464. The van der Waals surface area contributed by atoms with E-state index in [4.69, 9.17) is 9.68 Å². The molecule has 1 aromatic carbocycles. The standard InChI is InChI=1S/C18H18N2O2/c1-2-3-5-14-7-9-16(10-8-14)20-18(21)15(13-19)12-17-6-4-11-22-17/h4,6-12H,2-3,5H2,1H3,(H,20,21)/b15-12+. The SMILES string of the molecule is CCCCc1ccc(NC(=O)/C(C#N)=C/c2ccco2)cc1. The summed E-state index contributed by atoms with van der Waals surface area (Å²) < 4.78 is 5.11. The molecule has 0 aliphatic carbocycles. The Balaban J connectivity index is 2.03. The molecule has 4 nitrogen and oxygen atoms in total. The van der Waals surface area contributed by atoms with Gasteiger partial charge in [-0.15, -0.1) is 0 Å². The highest BCUT2D eigenvalue weighted by Crippen LogP contribution is 2.14. The molecule has 0 fully saturated rings. The van der Waals surface area contributed by atoms with E-state index in [-0.39, 0.29) is 5.57 Å². The summed E-state index contributed by atoms with van der Waals surface area (Å²) in [4.78, 5) is 12.1. The summed E-state index contributed by atoms with van der Waals surface area (Å²) in [6, 6.07) is 13.0. The number of nitriles is 1. The zero-order valence-corrected chi connectivity index (χ0v) is 12.5. The summed E-state index contributed by atoms with van der Waals surface area (Å²) in [6.45, 7) is 2.16. The number of hydrogen-bond acceptors (Lipinski definition) is 3. The second-order valence-corrected chi connectivity index (χ2v) is 4.94. The largest absolute Gasteiger partial charge is 0.465 e. The first-order valence-electron chi connectivity index (χ1n) is 7.28. The van der Waals surface area contributed by atoms with Gasteiger partial charge in [-0.25, -0.2) is 0 Å². The fraction of sp³-hybridized carbons (Fsp3) is 0.222. The predicted octanol–water partition coefficient (Wildman–Crippen LogP) is 4.17. The van der Waals surface area contributed by atoms with E-state index in [1.54, 1.807) is 12.1 Å². The highest BCUT2D eigenvalue weighted by molar-refractivity contribution is 6.09. The van der Waals surface area contributed by atoms with Gasteiger partial charge in [-0.2, -0.15) is 5.26 Å². The fourth-order valence-electron chi connectivity index (χ4n) is 2.00. The number of furan rings is 1. The summed E-state index contributed by atoms with van der Waals surface area (Å²) in [7, 11) is 0. The van der Waals surface area contributed by atoms with Crippen molar-refractivity contribution in [3.63, 3.8) is 0 Å². The average Bonchev–Trinajstić information content (AvgIpc) is 3.05. The second kappa shape index (κ2) is 7.84. The number of carbonyl (C=O) groups excluding carboxylic acids is 1. The number of amides is 1. The first-order chi connectivity index (χ1) is 10.7. The van der Waals surface area contributed by atoms with Crippen molar-refractivity contribution in [2.75, 3.05) is 5.32 Å². The fourth-order valence-corrected chi connectivity index (χ4v) is 2.00. The molecule has 1 amide bonds. The Morgan fingerprint density at radius 2 is 2.09 bits per heavy atom. The molecule has 0 spiro atoms. The van der Waals surface area contributed by atoms with Gasteiger partial charge in [-0.05, 0) is 42.7 Å². The Morgan fingerprint density at radius 3 is 2.68 bits per heavy atom. The van der Waals surface area contributed by atoms with Crippen molar-refractivity contribution < 1.29 is 9.21 Å². The van der Waals surface area contributed by atoms with E-state index < -0.39 is 5.91 Å². The van der Waals surface area contributed by atoms with Crippen LogP contribution in [0, 0.1) is 11.3 Å². The molecule has 0 bridgehead atoms. The summed E-state index contributed by atoms with van der Waals surface area (Å²) in [5, 5.41) is 11.8. The van der Waals surface area contributed by atoms with Crippen LogP contribution in [0.25, 0.3) is 6.08 Å². The smallest absolute Gasteiger partial charge is 0.266 e. The highest BCUT2D eigenvalue weighted by Gasteiger charge is 2.10. The third kappa shape index (κ3) is 4.35. The molecular weight excluding hydrogens is 276 g/mol. The zero-order chi connectivity index (χ0) is 15.8. The van der Waals surface area contributed by atoms with Gasteiger partial charge in [0.1, 0.15) is 17.4 Å². The van der Waals surface area contributed by atoms with E-state index in [1.807, 2.05) is 30.3 Å². The third-order valence-corrected chi connectivity index (χ3v) is 3.23. The zero-order valence-electron chi connectivity index (χ0n) is 12.5. The average molecular weight is 294 g/mol. The molecule has 112 valence electrons. The van der Waals surface area contributed by atoms with Crippen LogP contribution in [0.2, 0.25) is 0 Å². The summed E-state index contributed by atoms with van der Waals surface area (Å²) in [6.07, 6.45) is 6.25. The number of rotatable bonds is 6. The Bertz CT molecular complexity index is 677. The molecule has 0 unspecified atom stereocenters. The molecule has 0 aliphatic heterocycles. The molecule has 1 heterocycles. The normalized spacial score (nSPS) is 11.0. The lowest BCUT2D eigenvalue weighted by Crippen LogP contribution is -2.13. The summed E-state index contributed by atoms with van der Waals surface area (Å²) in [5.41, 5.74) is 1.92. The first-order valence-corrected chi connectivity index (χ1v) is 7.28. The van der Waals surface area contributed by atoms with Gasteiger partial charge in [0.15, 0.2) is 0 Å². The van der Waals surface area contributed by atoms with Crippen molar-refractivity contribution in [3.05, 3.63) is 59.6 Å². The van der Waals surface area contributed by atoms with E-state index in [9.17, 15) is 4.79 Å². The van der Waals surface area contributed by atoms with Gasteiger partial charge < -0.3 is 9.73 Å². The van der Waals surface area contributed by atoms with Crippen LogP contribution in [0.5, 0.6) is 0 Å². The van der Waals surface area contributed by atoms with Crippen LogP contribution in [0.3, 0.4) is 0 Å². The van der Waals surface area contributed by atoms with Gasteiger partial charge in [-0.3, -0.25) is 4.79 Å². The van der Waals surface area contributed by atoms with Crippen molar-refractivity contribution in [2.45, 2.75) is 26.2 Å². The molecule has 4 heteroatoms. The van der Waals surface area contributed by atoms with Crippen molar-refractivity contribution in [1.29, 1.82) is 5.26 Å². The molecule has 0 atom stereocenters. The summed E-state index contributed by atoms with van der Waals surface area (Å²) >= 11 is 0. The van der Waals surface area contributed by atoms with Gasteiger partial charge >= 0.3 is 0 Å². The van der Waals surface area contributed by atoms with Crippen molar-refractivity contribution in [3.8, 4) is 6.07 Å². The van der Waals surface area contributed by atoms with Gasteiger partial charge in [0.25, 0.3) is 5.91 Å². The molecule has 1 N–H and O–H groups in total. The van der Waals surface area contributed by atoms with Crippen LogP contribution in [0.15, 0.2) is 52.7 Å². The van der Waals surface area contributed by atoms with Gasteiger partial charge in [0.2, 0.25) is 0 Å². The highest BCUT2D eigenvalue weighted by atomic mass is 16.3. The molecule has 0 radical (unpaired) electrons. The lowest BCUT2D eigenvalue weighted by molar-refractivity contribution is -0.112. The number of aryl methyl sites for hydroxylation is 1. The minimum Gasteiger partial charge on any atom is -0.465 e. The van der Waals surface area contributed by atoms with Crippen LogP contribution in [0.4, 0.5) is 5.69 Å². The first kappa shape index (κ1) is 15.6. The predicted molar refractivity (Wildman–Crippen MR) is 86.0 cm³/mol. The second-order valence-electron chi connectivity index (χ2n) is 4.94. The molecule has 0 aliphatic rings. The Labute approximate surface area is 130 Å². The van der Waals surface area contributed by atoms with E-state index in [0.717, 1.165) is 19.3 Å². The lowest BCUT2D eigenvalue weighted by Gasteiger charge is -2.05. The lowest BCUT2D eigenvalue weighted by atomic mass is 10.1. The number of nitrogens with one attached hydrogen (secondary N) is 1. The van der Waals surface area contributed by atoms with Crippen LogP contribution in [0.1, 0.15) is 31.1 Å². The number of benzene rings is 1. The van der Waals surface area contributed by atoms with Crippen molar-refractivity contribution in [2.24, 2.45) is 0 Å². The van der Waals surface area contributed by atoms with Crippen LogP contribution in [-0.2, 0) is 11.2 Å². The minimum atomic E-state index is -0.444.